The Morgan fingerprint density at radius 1 is 1.19 bits per heavy atom. The minimum Gasteiger partial charge on any atom is -0.358 e. The number of Topliss-reactive ketones (excluding diaryl/α,β-unsaturated/α-hetero) is 2. The van der Waals surface area contributed by atoms with Gasteiger partial charge in [-0.15, -0.1) is 0 Å². The van der Waals surface area contributed by atoms with Gasteiger partial charge in [0.15, 0.2) is 11.6 Å². The van der Waals surface area contributed by atoms with Crippen LogP contribution in [-0.4, -0.2) is 26.0 Å². The Hall–Kier alpha value is -3.09. The molecule has 1 aromatic heterocycles. The molecule has 104 valence electrons. The summed E-state index contributed by atoms with van der Waals surface area (Å²) in [5.74, 6) is -0.800. The highest BCUT2D eigenvalue weighted by Crippen LogP contribution is 2.27. The molecule has 0 unspecified atom stereocenters. The smallest absolute Gasteiger partial charge is 0.342 e. The molecule has 0 fully saturated rings. The van der Waals surface area contributed by atoms with E-state index in [1.807, 2.05) is 0 Å². The van der Waals surface area contributed by atoms with Gasteiger partial charge in [0.1, 0.15) is 6.20 Å². The fraction of sp³-hybridized carbons (Fsp3) is 0.0714. The van der Waals surface area contributed by atoms with E-state index in [2.05, 4.69) is 4.98 Å². The first-order chi connectivity index (χ1) is 10.0. The number of ketones is 2. The summed E-state index contributed by atoms with van der Waals surface area (Å²) in [5, 5.41) is 10.8. The predicted molar refractivity (Wildman–Crippen MR) is 72.9 cm³/mol. The molecule has 0 bridgehead atoms. The second-order valence-corrected chi connectivity index (χ2v) is 4.55. The van der Waals surface area contributed by atoms with Gasteiger partial charge < -0.3 is 10.1 Å². The minimum atomic E-state index is -0.581. The standard InChI is InChI=1S/C14H9N3O4/c1-16-11(15-7-12(16)17(20)21)6-10-13(18)8-4-2-3-5-9(8)14(10)19/h2-7H,1H3. The van der Waals surface area contributed by atoms with Crippen molar-refractivity contribution in [3.05, 3.63) is 63.1 Å². The average Bonchev–Trinajstić information content (AvgIpc) is 2.94. The first-order valence-corrected chi connectivity index (χ1v) is 6.07. The topological polar surface area (TPSA) is 95.1 Å². The first-order valence-electron chi connectivity index (χ1n) is 6.07. The van der Waals surface area contributed by atoms with E-state index in [0.717, 1.165) is 6.20 Å². The number of aromatic nitrogens is 2. The van der Waals surface area contributed by atoms with Crippen LogP contribution in [-0.2, 0) is 7.05 Å². The summed E-state index contributed by atoms with van der Waals surface area (Å²) in [5.41, 5.74) is 0.662. The van der Waals surface area contributed by atoms with Gasteiger partial charge in [0.2, 0.25) is 5.82 Å². The third-order valence-electron chi connectivity index (χ3n) is 3.37. The zero-order valence-corrected chi connectivity index (χ0v) is 10.9. The van der Waals surface area contributed by atoms with Crippen LogP contribution < -0.4 is 0 Å². The van der Waals surface area contributed by atoms with Gasteiger partial charge in [-0.2, -0.15) is 0 Å². The average molecular weight is 283 g/mol. The summed E-state index contributed by atoms with van der Waals surface area (Å²) in [6, 6.07) is 6.52. The maximum atomic E-state index is 12.2. The maximum absolute atomic E-state index is 12.2. The quantitative estimate of drug-likeness (QED) is 0.362. The number of fused-ring (bicyclic) bond motifs is 1. The van der Waals surface area contributed by atoms with Crippen LogP contribution in [0.4, 0.5) is 5.82 Å². The van der Waals surface area contributed by atoms with Crippen molar-refractivity contribution in [3.63, 3.8) is 0 Å². The molecule has 0 N–H and O–H groups in total. The number of nitrogens with zero attached hydrogens (tertiary/aromatic N) is 3. The number of carbonyl (C=O) groups excluding carboxylic acids is 2. The van der Waals surface area contributed by atoms with Crippen LogP contribution in [0.2, 0.25) is 0 Å². The van der Waals surface area contributed by atoms with Gasteiger partial charge in [0, 0.05) is 17.2 Å². The maximum Gasteiger partial charge on any atom is 0.342 e. The summed E-state index contributed by atoms with van der Waals surface area (Å²) in [6.07, 6.45) is 2.38. The molecule has 2 aromatic rings. The van der Waals surface area contributed by atoms with E-state index in [4.69, 9.17) is 0 Å². The number of nitro groups is 1. The van der Waals surface area contributed by atoms with E-state index < -0.39 is 4.92 Å². The lowest BCUT2D eigenvalue weighted by Gasteiger charge is -1.95. The molecule has 7 heteroatoms. The second-order valence-electron chi connectivity index (χ2n) is 4.55. The molecule has 0 spiro atoms. The molecule has 0 atom stereocenters. The molecule has 1 aliphatic rings. The molecule has 0 saturated carbocycles. The molecule has 0 saturated heterocycles. The van der Waals surface area contributed by atoms with E-state index >= 15 is 0 Å². The number of hydrogen-bond donors (Lipinski definition) is 0. The van der Waals surface area contributed by atoms with Gasteiger partial charge in [-0.05, 0) is 4.92 Å². The lowest BCUT2D eigenvalue weighted by atomic mass is 10.1. The van der Waals surface area contributed by atoms with Gasteiger partial charge >= 0.3 is 5.82 Å². The Morgan fingerprint density at radius 2 is 1.76 bits per heavy atom. The third kappa shape index (κ3) is 1.86. The van der Waals surface area contributed by atoms with Crippen LogP contribution in [0.25, 0.3) is 6.08 Å². The number of hydrogen-bond acceptors (Lipinski definition) is 5. The largest absolute Gasteiger partial charge is 0.358 e. The summed E-state index contributed by atoms with van der Waals surface area (Å²) in [6.45, 7) is 0. The molecular formula is C14H9N3O4. The van der Waals surface area contributed by atoms with E-state index in [9.17, 15) is 19.7 Å². The predicted octanol–water partition coefficient (Wildman–Crippen LogP) is 1.79. The molecular weight excluding hydrogens is 274 g/mol. The summed E-state index contributed by atoms with van der Waals surface area (Å²) in [4.78, 5) is 38.5. The van der Waals surface area contributed by atoms with Crippen molar-refractivity contribution in [1.82, 2.24) is 9.55 Å². The number of allylic oxidation sites excluding steroid dienone is 1. The molecule has 1 aliphatic carbocycles. The van der Waals surface area contributed by atoms with E-state index in [0.29, 0.717) is 11.1 Å². The fourth-order valence-electron chi connectivity index (χ4n) is 2.25. The van der Waals surface area contributed by atoms with Crippen molar-refractivity contribution in [3.8, 4) is 0 Å². The number of rotatable bonds is 2. The Morgan fingerprint density at radius 3 is 2.24 bits per heavy atom. The van der Waals surface area contributed by atoms with Crippen molar-refractivity contribution in [1.29, 1.82) is 0 Å². The Labute approximate surface area is 118 Å². The molecule has 21 heavy (non-hydrogen) atoms. The van der Waals surface area contributed by atoms with Gasteiger partial charge in [-0.1, -0.05) is 24.3 Å². The van der Waals surface area contributed by atoms with Gasteiger partial charge in [-0.25, -0.2) is 9.55 Å². The van der Waals surface area contributed by atoms with Crippen molar-refractivity contribution in [2.24, 2.45) is 7.05 Å². The van der Waals surface area contributed by atoms with Crippen LogP contribution in [0.5, 0.6) is 0 Å². The van der Waals surface area contributed by atoms with E-state index in [1.165, 1.54) is 17.7 Å². The van der Waals surface area contributed by atoms with Crippen molar-refractivity contribution < 1.29 is 14.5 Å². The first kappa shape index (κ1) is 12.9. The van der Waals surface area contributed by atoms with Crippen LogP contribution in [0, 0.1) is 10.1 Å². The highest BCUT2D eigenvalue weighted by molar-refractivity contribution is 6.41. The summed E-state index contributed by atoms with van der Waals surface area (Å²) >= 11 is 0. The van der Waals surface area contributed by atoms with Crippen LogP contribution >= 0.6 is 0 Å². The normalized spacial score (nSPS) is 13.5. The molecule has 0 aliphatic heterocycles. The molecule has 0 radical (unpaired) electrons. The molecule has 3 rings (SSSR count). The fourth-order valence-corrected chi connectivity index (χ4v) is 2.25. The number of benzene rings is 1. The van der Waals surface area contributed by atoms with Gasteiger partial charge in [0.25, 0.3) is 0 Å². The zero-order valence-electron chi connectivity index (χ0n) is 10.9. The Kier molecular flexibility index (Phi) is 2.76. The van der Waals surface area contributed by atoms with Crippen LogP contribution in [0.15, 0.2) is 36.0 Å². The highest BCUT2D eigenvalue weighted by atomic mass is 16.6. The van der Waals surface area contributed by atoms with Gasteiger partial charge in [0.05, 0.1) is 12.6 Å². The molecule has 0 amide bonds. The Bertz CT molecular complexity index is 795. The van der Waals surface area contributed by atoms with Crippen LogP contribution in [0.1, 0.15) is 26.5 Å². The van der Waals surface area contributed by atoms with Gasteiger partial charge in [-0.3, -0.25) is 9.59 Å². The van der Waals surface area contributed by atoms with Crippen LogP contribution in [0.3, 0.4) is 0 Å². The lowest BCUT2D eigenvalue weighted by molar-refractivity contribution is -0.391. The summed E-state index contributed by atoms with van der Waals surface area (Å²) < 4.78 is 1.22. The SMILES string of the molecule is Cn1c([N+](=O)[O-])cnc1C=C1C(=O)c2ccccc2C1=O. The Balaban J connectivity index is 2.09. The number of imidazole rings is 1. The number of carbonyl (C=O) groups is 2. The minimum absolute atomic E-state index is 0.0280. The highest BCUT2D eigenvalue weighted by Gasteiger charge is 2.33. The summed E-state index contributed by atoms with van der Waals surface area (Å²) in [7, 11) is 1.45. The lowest BCUT2D eigenvalue weighted by Crippen LogP contribution is -2.03. The van der Waals surface area contributed by atoms with Crippen molar-refractivity contribution in [2.75, 3.05) is 0 Å². The zero-order chi connectivity index (χ0) is 15.1. The molecule has 1 heterocycles. The molecule has 1 aromatic carbocycles. The monoisotopic (exact) mass is 283 g/mol. The second kappa shape index (κ2) is 4.48. The van der Waals surface area contributed by atoms with Crippen molar-refractivity contribution in [2.45, 2.75) is 0 Å². The van der Waals surface area contributed by atoms with Crippen molar-refractivity contribution >= 4 is 23.5 Å². The third-order valence-corrected chi connectivity index (χ3v) is 3.37. The molecule has 7 nitrogen and oxygen atoms in total. The van der Waals surface area contributed by atoms with E-state index in [1.54, 1.807) is 24.3 Å². The van der Waals surface area contributed by atoms with E-state index in [-0.39, 0.29) is 28.8 Å².